The zero-order valence-corrected chi connectivity index (χ0v) is 12.9. The summed E-state index contributed by atoms with van der Waals surface area (Å²) in [6.45, 7) is 4.88. The minimum Gasteiger partial charge on any atom is -0.370 e. The van der Waals surface area contributed by atoms with E-state index in [1.807, 2.05) is 38.1 Å². The summed E-state index contributed by atoms with van der Waals surface area (Å²) in [6, 6.07) is 10.8. The van der Waals surface area contributed by atoms with Crippen LogP contribution in [0.1, 0.15) is 18.1 Å². The van der Waals surface area contributed by atoms with Crippen molar-refractivity contribution >= 4 is 15.8 Å². The molecule has 6 heteroatoms. The molecule has 0 atom stereocenters. The number of anilines is 1. The molecule has 0 spiro atoms. The van der Waals surface area contributed by atoms with E-state index in [-0.39, 0.29) is 11.4 Å². The highest BCUT2D eigenvalue weighted by atomic mass is 32.2. The summed E-state index contributed by atoms with van der Waals surface area (Å²) in [6.07, 6.45) is 1.48. The first kappa shape index (κ1) is 15.5. The number of aromatic nitrogens is 1. The molecule has 0 fully saturated rings. The molecule has 1 aromatic heterocycles. The third-order valence-corrected chi connectivity index (χ3v) is 4.39. The maximum absolute atomic E-state index is 12.3. The van der Waals surface area contributed by atoms with Gasteiger partial charge < -0.3 is 5.32 Å². The lowest BCUT2D eigenvalue weighted by Gasteiger charge is -2.09. The number of hydrogen-bond donors (Lipinski definition) is 2. The van der Waals surface area contributed by atoms with E-state index in [9.17, 15) is 8.42 Å². The fourth-order valence-electron chi connectivity index (χ4n) is 1.82. The molecule has 2 N–H and O–H groups in total. The smallest absolute Gasteiger partial charge is 0.241 e. The minimum absolute atomic E-state index is 0.209. The molecule has 2 rings (SSSR count). The molecule has 1 aromatic carbocycles. The number of sulfonamides is 1. The summed E-state index contributed by atoms with van der Waals surface area (Å²) in [7, 11) is -3.54. The van der Waals surface area contributed by atoms with E-state index in [0.717, 1.165) is 11.1 Å². The van der Waals surface area contributed by atoms with Crippen LogP contribution in [0.25, 0.3) is 0 Å². The predicted octanol–water partition coefficient (Wildman–Crippen LogP) is 2.30. The van der Waals surface area contributed by atoms with Crippen molar-refractivity contribution in [1.29, 1.82) is 0 Å². The van der Waals surface area contributed by atoms with Crippen LogP contribution in [0, 0.1) is 6.92 Å². The van der Waals surface area contributed by atoms with Gasteiger partial charge in [0, 0.05) is 25.4 Å². The molecular weight excluding hydrogens is 286 g/mol. The molecular formula is C15H19N3O2S. The summed E-state index contributed by atoms with van der Waals surface area (Å²) in [4.78, 5) is 4.28. The van der Waals surface area contributed by atoms with Crippen LogP contribution in [0.3, 0.4) is 0 Å². The molecule has 0 saturated heterocycles. The Morgan fingerprint density at radius 1 is 1.14 bits per heavy atom. The maximum atomic E-state index is 12.3. The quantitative estimate of drug-likeness (QED) is 0.859. The van der Waals surface area contributed by atoms with Crippen LogP contribution in [0.4, 0.5) is 5.82 Å². The van der Waals surface area contributed by atoms with Crippen molar-refractivity contribution in [2.45, 2.75) is 25.3 Å². The van der Waals surface area contributed by atoms with Gasteiger partial charge >= 0.3 is 0 Å². The Morgan fingerprint density at radius 3 is 2.52 bits per heavy atom. The molecule has 21 heavy (non-hydrogen) atoms. The molecule has 5 nitrogen and oxygen atoms in total. The zero-order valence-electron chi connectivity index (χ0n) is 12.1. The van der Waals surface area contributed by atoms with Gasteiger partial charge in [-0.1, -0.05) is 29.8 Å². The van der Waals surface area contributed by atoms with Gasteiger partial charge in [-0.05, 0) is 25.5 Å². The van der Waals surface area contributed by atoms with Gasteiger partial charge in [-0.3, -0.25) is 0 Å². The fraction of sp³-hybridized carbons (Fsp3) is 0.267. The summed E-state index contributed by atoms with van der Waals surface area (Å²) in [5, 5.41) is 3.00. The van der Waals surface area contributed by atoms with Crippen molar-refractivity contribution in [3.8, 4) is 0 Å². The average Bonchev–Trinajstić information content (AvgIpc) is 2.47. The molecule has 0 saturated carbocycles. The fourth-order valence-corrected chi connectivity index (χ4v) is 2.85. The Bertz CT molecular complexity index is 697. The van der Waals surface area contributed by atoms with Gasteiger partial charge in [-0.2, -0.15) is 0 Å². The molecule has 0 aliphatic rings. The van der Waals surface area contributed by atoms with Crippen molar-refractivity contribution in [3.63, 3.8) is 0 Å². The molecule has 0 radical (unpaired) electrons. The van der Waals surface area contributed by atoms with Crippen LogP contribution in [0.15, 0.2) is 47.5 Å². The summed E-state index contributed by atoms with van der Waals surface area (Å²) >= 11 is 0. The number of aryl methyl sites for hydroxylation is 1. The van der Waals surface area contributed by atoms with Crippen molar-refractivity contribution in [2.24, 2.45) is 0 Å². The first-order valence-electron chi connectivity index (χ1n) is 6.76. The van der Waals surface area contributed by atoms with Gasteiger partial charge in [0.25, 0.3) is 0 Å². The highest BCUT2D eigenvalue weighted by molar-refractivity contribution is 7.89. The predicted molar refractivity (Wildman–Crippen MR) is 83.6 cm³/mol. The topological polar surface area (TPSA) is 71.1 Å². The zero-order chi connectivity index (χ0) is 15.3. The molecule has 1 heterocycles. The van der Waals surface area contributed by atoms with Crippen molar-refractivity contribution < 1.29 is 8.42 Å². The minimum atomic E-state index is -3.54. The third-order valence-electron chi connectivity index (χ3n) is 2.99. The second kappa shape index (κ2) is 6.69. The van der Waals surface area contributed by atoms with Crippen molar-refractivity contribution in [2.75, 3.05) is 11.9 Å². The van der Waals surface area contributed by atoms with Crippen molar-refractivity contribution in [3.05, 3.63) is 53.7 Å². The van der Waals surface area contributed by atoms with Gasteiger partial charge in [0.1, 0.15) is 5.82 Å². The molecule has 0 bridgehead atoms. The third kappa shape index (κ3) is 4.27. The van der Waals surface area contributed by atoms with Gasteiger partial charge in [0.2, 0.25) is 10.0 Å². The maximum Gasteiger partial charge on any atom is 0.241 e. The lowest BCUT2D eigenvalue weighted by atomic mass is 10.2. The molecule has 112 valence electrons. The Labute approximate surface area is 125 Å². The number of benzene rings is 1. The average molecular weight is 305 g/mol. The second-order valence-corrected chi connectivity index (χ2v) is 6.48. The second-order valence-electron chi connectivity index (χ2n) is 4.72. The van der Waals surface area contributed by atoms with Gasteiger partial charge in [0.05, 0.1) is 4.90 Å². The molecule has 0 aliphatic heterocycles. The van der Waals surface area contributed by atoms with E-state index < -0.39 is 10.0 Å². The van der Waals surface area contributed by atoms with Gasteiger partial charge in [0.15, 0.2) is 0 Å². The summed E-state index contributed by atoms with van der Waals surface area (Å²) < 4.78 is 27.1. The van der Waals surface area contributed by atoms with E-state index in [4.69, 9.17) is 0 Å². The van der Waals surface area contributed by atoms with Crippen LogP contribution in [-0.2, 0) is 16.6 Å². The first-order valence-corrected chi connectivity index (χ1v) is 8.25. The van der Waals surface area contributed by atoms with Crippen LogP contribution < -0.4 is 10.0 Å². The Morgan fingerprint density at radius 2 is 1.86 bits per heavy atom. The van der Waals surface area contributed by atoms with Gasteiger partial charge in [-0.15, -0.1) is 0 Å². The number of nitrogens with one attached hydrogen (secondary N) is 2. The summed E-state index contributed by atoms with van der Waals surface area (Å²) in [5.41, 5.74) is 2.07. The Kier molecular flexibility index (Phi) is 4.93. The van der Waals surface area contributed by atoms with Crippen molar-refractivity contribution in [1.82, 2.24) is 9.71 Å². The summed E-state index contributed by atoms with van der Waals surface area (Å²) in [5.74, 6) is 0.552. The number of hydrogen-bond acceptors (Lipinski definition) is 4. The number of rotatable bonds is 6. The lowest BCUT2D eigenvalue weighted by molar-refractivity contribution is 0.581. The van der Waals surface area contributed by atoms with Crippen LogP contribution in [0.2, 0.25) is 0 Å². The van der Waals surface area contributed by atoms with E-state index in [1.165, 1.54) is 18.3 Å². The highest BCUT2D eigenvalue weighted by Gasteiger charge is 2.14. The monoisotopic (exact) mass is 305 g/mol. The molecule has 0 amide bonds. The number of nitrogens with zero attached hydrogens (tertiary/aromatic N) is 1. The van der Waals surface area contributed by atoms with Crippen LogP contribution >= 0.6 is 0 Å². The van der Waals surface area contributed by atoms with E-state index in [0.29, 0.717) is 12.4 Å². The van der Waals surface area contributed by atoms with Gasteiger partial charge in [-0.25, -0.2) is 18.1 Å². The van der Waals surface area contributed by atoms with E-state index >= 15 is 0 Å². The van der Waals surface area contributed by atoms with Crippen LogP contribution in [-0.4, -0.2) is 19.9 Å². The Hall–Kier alpha value is -1.92. The normalized spacial score (nSPS) is 11.3. The molecule has 0 aliphatic carbocycles. The Balaban J connectivity index is 2.11. The largest absolute Gasteiger partial charge is 0.370 e. The van der Waals surface area contributed by atoms with E-state index in [2.05, 4.69) is 15.0 Å². The highest BCUT2D eigenvalue weighted by Crippen LogP contribution is 2.13. The van der Waals surface area contributed by atoms with Crippen LogP contribution in [0.5, 0.6) is 0 Å². The SMILES string of the molecule is CCNc1cc(S(=O)(=O)NCc2ccc(C)cc2)ccn1. The number of pyridine rings is 1. The van der Waals surface area contributed by atoms with E-state index in [1.54, 1.807) is 0 Å². The lowest BCUT2D eigenvalue weighted by Crippen LogP contribution is -2.23. The first-order chi connectivity index (χ1) is 10.0. The molecule has 0 unspecified atom stereocenters. The molecule has 2 aromatic rings. The standard InChI is InChI=1S/C15H19N3O2S/c1-3-16-15-10-14(8-9-17-15)21(19,20)18-11-13-6-4-12(2)5-7-13/h4-10,18H,3,11H2,1-2H3,(H,16,17).